The zero-order valence-corrected chi connectivity index (χ0v) is 10.4. The molecule has 0 aliphatic heterocycles. The van der Waals surface area contributed by atoms with E-state index in [1.165, 1.54) is 0 Å². The average Bonchev–Trinajstić information content (AvgIpc) is 2.89. The lowest BCUT2D eigenvalue weighted by molar-refractivity contribution is 0.306. The van der Waals surface area contributed by atoms with Crippen molar-refractivity contribution < 1.29 is 9.84 Å². The van der Waals surface area contributed by atoms with Gasteiger partial charge >= 0.3 is 0 Å². The van der Waals surface area contributed by atoms with Gasteiger partial charge in [-0.25, -0.2) is 4.98 Å². The third kappa shape index (κ3) is 2.28. The lowest BCUT2D eigenvalue weighted by atomic mass is 10.1. The van der Waals surface area contributed by atoms with Crippen molar-refractivity contribution >= 4 is 22.1 Å². The number of aromatic nitrogens is 1. The Morgan fingerprint density at radius 2 is 2.00 bits per heavy atom. The standard InChI is InChI=1S/C14H11NO2S/c16-12-3-1-10-2-4-13(8-11(10)7-12)17-9-14-15-5-6-18-14/h1-8,16H,9H2. The fraction of sp³-hybridized carbons (Fsp3) is 0.0714. The number of nitrogens with zero attached hydrogens (tertiary/aromatic N) is 1. The van der Waals surface area contributed by atoms with Crippen molar-refractivity contribution in [2.45, 2.75) is 6.61 Å². The lowest BCUT2D eigenvalue weighted by Crippen LogP contribution is -1.94. The fourth-order valence-electron chi connectivity index (χ4n) is 1.77. The third-order valence-corrected chi connectivity index (χ3v) is 3.39. The second kappa shape index (κ2) is 4.66. The van der Waals surface area contributed by atoms with Gasteiger partial charge in [0, 0.05) is 11.6 Å². The smallest absolute Gasteiger partial charge is 0.140 e. The number of rotatable bonds is 3. The highest BCUT2D eigenvalue weighted by molar-refractivity contribution is 7.09. The zero-order chi connectivity index (χ0) is 12.4. The van der Waals surface area contributed by atoms with E-state index in [2.05, 4.69) is 4.98 Å². The van der Waals surface area contributed by atoms with Gasteiger partial charge in [0.2, 0.25) is 0 Å². The summed E-state index contributed by atoms with van der Waals surface area (Å²) in [7, 11) is 0. The van der Waals surface area contributed by atoms with Gasteiger partial charge in [-0.2, -0.15) is 0 Å². The number of fused-ring (bicyclic) bond motifs is 1. The van der Waals surface area contributed by atoms with E-state index in [9.17, 15) is 5.11 Å². The highest BCUT2D eigenvalue weighted by Crippen LogP contribution is 2.25. The molecule has 90 valence electrons. The second-order valence-electron chi connectivity index (χ2n) is 3.91. The number of phenols is 1. The first-order chi connectivity index (χ1) is 8.81. The molecule has 3 aromatic rings. The van der Waals surface area contributed by atoms with E-state index in [1.54, 1.807) is 29.7 Å². The van der Waals surface area contributed by atoms with Gasteiger partial charge in [-0.1, -0.05) is 12.1 Å². The van der Waals surface area contributed by atoms with Crippen LogP contribution in [0.5, 0.6) is 11.5 Å². The monoisotopic (exact) mass is 257 g/mol. The normalized spacial score (nSPS) is 10.7. The number of aromatic hydroxyl groups is 1. The molecule has 0 atom stereocenters. The van der Waals surface area contributed by atoms with E-state index in [0.29, 0.717) is 6.61 Å². The van der Waals surface area contributed by atoms with Crippen molar-refractivity contribution in [2.24, 2.45) is 0 Å². The van der Waals surface area contributed by atoms with Gasteiger partial charge in [0.15, 0.2) is 0 Å². The third-order valence-electron chi connectivity index (χ3n) is 2.64. The van der Waals surface area contributed by atoms with Crippen LogP contribution in [0.3, 0.4) is 0 Å². The van der Waals surface area contributed by atoms with Crippen LogP contribution in [-0.4, -0.2) is 10.1 Å². The predicted molar refractivity (Wildman–Crippen MR) is 72.1 cm³/mol. The Balaban J connectivity index is 1.84. The Bertz CT molecular complexity index is 665. The van der Waals surface area contributed by atoms with Crippen LogP contribution >= 0.6 is 11.3 Å². The summed E-state index contributed by atoms with van der Waals surface area (Å²) in [6, 6.07) is 11.1. The lowest BCUT2D eigenvalue weighted by Gasteiger charge is -2.06. The van der Waals surface area contributed by atoms with Gasteiger partial charge in [-0.3, -0.25) is 0 Å². The Labute approximate surface area is 108 Å². The van der Waals surface area contributed by atoms with Gasteiger partial charge < -0.3 is 9.84 Å². The molecule has 0 fully saturated rings. The summed E-state index contributed by atoms with van der Waals surface area (Å²) in [5.74, 6) is 1.04. The molecule has 2 aromatic carbocycles. The molecule has 0 amide bonds. The molecule has 0 saturated carbocycles. The van der Waals surface area contributed by atoms with Crippen LogP contribution in [0.4, 0.5) is 0 Å². The molecular weight excluding hydrogens is 246 g/mol. The highest BCUT2D eigenvalue weighted by Gasteiger charge is 2.01. The first-order valence-corrected chi connectivity index (χ1v) is 6.43. The van der Waals surface area contributed by atoms with E-state index in [-0.39, 0.29) is 5.75 Å². The van der Waals surface area contributed by atoms with Crippen LogP contribution < -0.4 is 4.74 Å². The molecule has 0 unspecified atom stereocenters. The number of ether oxygens (including phenoxy) is 1. The van der Waals surface area contributed by atoms with E-state index in [0.717, 1.165) is 21.5 Å². The fourth-order valence-corrected chi connectivity index (χ4v) is 2.30. The topological polar surface area (TPSA) is 42.4 Å². The maximum atomic E-state index is 9.45. The summed E-state index contributed by atoms with van der Waals surface area (Å²) in [5.41, 5.74) is 0. The Morgan fingerprint density at radius 3 is 2.83 bits per heavy atom. The van der Waals surface area contributed by atoms with Gasteiger partial charge in [-0.15, -0.1) is 11.3 Å². The number of phenolic OH excluding ortho intramolecular Hbond substituents is 1. The van der Waals surface area contributed by atoms with Gasteiger partial charge in [-0.05, 0) is 35.0 Å². The van der Waals surface area contributed by atoms with E-state index in [1.807, 2.05) is 29.6 Å². The number of hydrogen-bond donors (Lipinski definition) is 1. The molecular formula is C14H11NO2S. The molecule has 0 saturated heterocycles. The number of hydrogen-bond acceptors (Lipinski definition) is 4. The molecule has 0 radical (unpaired) electrons. The van der Waals surface area contributed by atoms with Crippen LogP contribution in [0.15, 0.2) is 48.0 Å². The van der Waals surface area contributed by atoms with Crippen LogP contribution in [0.1, 0.15) is 5.01 Å². The average molecular weight is 257 g/mol. The number of thiazole rings is 1. The van der Waals surface area contributed by atoms with Gasteiger partial charge in [0.1, 0.15) is 23.1 Å². The number of benzene rings is 2. The Hall–Kier alpha value is -2.07. The van der Waals surface area contributed by atoms with E-state index in [4.69, 9.17) is 4.74 Å². The minimum atomic E-state index is 0.263. The predicted octanol–water partition coefficient (Wildman–Crippen LogP) is 3.58. The van der Waals surface area contributed by atoms with Gasteiger partial charge in [0.25, 0.3) is 0 Å². The largest absolute Gasteiger partial charge is 0.508 e. The van der Waals surface area contributed by atoms with Crippen molar-refractivity contribution in [3.8, 4) is 11.5 Å². The Morgan fingerprint density at radius 1 is 1.11 bits per heavy atom. The SMILES string of the molecule is Oc1ccc2ccc(OCc3nccs3)cc2c1. The van der Waals surface area contributed by atoms with E-state index < -0.39 is 0 Å². The summed E-state index contributed by atoms with van der Waals surface area (Å²) in [6.07, 6.45) is 1.77. The molecule has 3 rings (SSSR count). The maximum Gasteiger partial charge on any atom is 0.140 e. The molecule has 0 aliphatic carbocycles. The summed E-state index contributed by atoms with van der Waals surface area (Å²) in [6.45, 7) is 0.474. The minimum absolute atomic E-state index is 0.263. The molecule has 1 N–H and O–H groups in total. The highest BCUT2D eigenvalue weighted by atomic mass is 32.1. The van der Waals surface area contributed by atoms with Crippen LogP contribution in [-0.2, 0) is 6.61 Å². The molecule has 0 bridgehead atoms. The molecule has 3 nitrogen and oxygen atoms in total. The molecule has 0 aliphatic rings. The van der Waals surface area contributed by atoms with Crippen molar-refractivity contribution in [1.82, 2.24) is 4.98 Å². The molecule has 1 heterocycles. The summed E-state index contributed by atoms with van der Waals surface area (Å²) in [4.78, 5) is 4.16. The molecule has 4 heteroatoms. The van der Waals surface area contributed by atoms with Crippen LogP contribution in [0.2, 0.25) is 0 Å². The first-order valence-electron chi connectivity index (χ1n) is 5.55. The first kappa shape index (κ1) is 11.0. The van der Waals surface area contributed by atoms with E-state index >= 15 is 0 Å². The maximum absolute atomic E-state index is 9.45. The summed E-state index contributed by atoms with van der Waals surface area (Å²) in [5, 5.41) is 14.4. The summed E-state index contributed by atoms with van der Waals surface area (Å²) < 4.78 is 5.66. The Kier molecular flexibility index (Phi) is 2.86. The van der Waals surface area contributed by atoms with Crippen molar-refractivity contribution in [2.75, 3.05) is 0 Å². The molecule has 0 spiro atoms. The van der Waals surface area contributed by atoms with Crippen molar-refractivity contribution in [3.63, 3.8) is 0 Å². The van der Waals surface area contributed by atoms with Crippen LogP contribution in [0.25, 0.3) is 10.8 Å². The zero-order valence-electron chi connectivity index (χ0n) is 9.54. The molecule has 18 heavy (non-hydrogen) atoms. The minimum Gasteiger partial charge on any atom is -0.508 e. The van der Waals surface area contributed by atoms with Crippen molar-refractivity contribution in [1.29, 1.82) is 0 Å². The van der Waals surface area contributed by atoms with Gasteiger partial charge in [0.05, 0.1) is 0 Å². The quantitative estimate of drug-likeness (QED) is 0.779. The van der Waals surface area contributed by atoms with Crippen LogP contribution in [0, 0.1) is 0 Å². The van der Waals surface area contributed by atoms with Crippen molar-refractivity contribution in [3.05, 3.63) is 53.0 Å². The molecule has 1 aromatic heterocycles. The summed E-state index contributed by atoms with van der Waals surface area (Å²) >= 11 is 1.57. The second-order valence-corrected chi connectivity index (χ2v) is 4.89.